The highest BCUT2D eigenvalue weighted by molar-refractivity contribution is 5.85. The second kappa shape index (κ2) is 7.48. The predicted molar refractivity (Wildman–Crippen MR) is 72.3 cm³/mol. The van der Waals surface area contributed by atoms with Crippen molar-refractivity contribution in [3.05, 3.63) is 30.9 Å². The molecule has 0 aliphatic carbocycles. The van der Waals surface area contributed by atoms with Crippen LogP contribution >= 0.6 is 12.4 Å². The number of hydrogen-bond donors (Lipinski definition) is 2. The van der Waals surface area contributed by atoms with Crippen molar-refractivity contribution < 1.29 is 0 Å². The van der Waals surface area contributed by atoms with E-state index in [9.17, 15) is 0 Å². The van der Waals surface area contributed by atoms with Gasteiger partial charge in [-0.15, -0.1) is 19.0 Å². The van der Waals surface area contributed by atoms with Crippen LogP contribution in [-0.2, 0) is 6.54 Å². The molecule has 1 aliphatic heterocycles. The van der Waals surface area contributed by atoms with Crippen molar-refractivity contribution in [3.8, 4) is 0 Å². The van der Waals surface area contributed by atoms with Gasteiger partial charge in [0.2, 0.25) is 0 Å². The Morgan fingerprint density at radius 3 is 2.88 bits per heavy atom. The average molecular weight is 257 g/mol. The third-order valence-corrected chi connectivity index (χ3v) is 3.11. The number of likely N-dealkylation sites (tertiary alicyclic amines) is 1. The van der Waals surface area contributed by atoms with E-state index in [4.69, 9.17) is 0 Å². The molecule has 0 radical (unpaired) electrons. The minimum absolute atomic E-state index is 0. The summed E-state index contributed by atoms with van der Waals surface area (Å²) in [6.45, 7) is 8.04. The molecule has 1 aromatic heterocycles. The van der Waals surface area contributed by atoms with Crippen LogP contribution < -0.4 is 5.32 Å². The molecule has 1 aromatic rings. The molecule has 0 bridgehead atoms. The molecule has 5 heteroatoms. The number of halogens is 1. The van der Waals surface area contributed by atoms with E-state index in [0.29, 0.717) is 6.04 Å². The van der Waals surface area contributed by atoms with Crippen molar-refractivity contribution in [2.24, 2.45) is 0 Å². The number of aromatic amines is 1. The van der Waals surface area contributed by atoms with E-state index in [1.165, 1.54) is 25.9 Å². The summed E-state index contributed by atoms with van der Waals surface area (Å²) in [5.74, 6) is 0. The number of hydrogen-bond acceptors (Lipinski definition) is 3. The van der Waals surface area contributed by atoms with Gasteiger partial charge in [-0.2, -0.15) is 0 Å². The van der Waals surface area contributed by atoms with Crippen LogP contribution in [0.1, 0.15) is 18.5 Å². The predicted octanol–water partition coefficient (Wildman–Crippen LogP) is 1.57. The van der Waals surface area contributed by atoms with Gasteiger partial charge in [-0.1, -0.05) is 6.08 Å². The van der Waals surface area contributed by atoms with Gasteiger partial charge in [-0.05, 0) is 25.9 Å². The van der Waals surface area contributed by atoms with E-state index in [-0.39, 0.29) is 12.4 Å². The zero-order valence-electron chi connectivity index (χ0n) is 10.1. The van der Waals surface area contributed by atoms with Crippen LogP contribution in [0.2, 0.25) is 0 Å². The molecule has 0 unspecified atom stereocenters. The summed E-state index contributed by atoms with van der Waals surface area (Å²) in [6.07, 6.45) is 8.03. The summed E-state index contributed by atoms with van der Waals surface area (Å²) in [5.41, 5.74) is 1.16. The largest absolute Gasteiger partial charge is 0.347 e. The molecule has 2 N–H and O–H groups in total. The van der Waals surface area contributed by atoms with Crippen LogP contribution in [0.15, 0.2) is 25.2 Å². The van der Waals surface area contributed by atoms with Crippen molar-refractivity contribution in [1.29, 1.82) is 0 Å². The molecular formula is C12H21ClN4. The Kier molecular flexibility index (Phi) is 6.26. The van der Waals surface area contributed by atoms with Gasteiger partial charge in [0, 0.05) is 31.0 Å². The fourth-order valence-corrected chi connectivity index (χ4v) is 2.14. The molecule has 96 valence electrons. The van der Waals surface area contributed by atoms with Gasteiger partial charge in [0.15, 0.2) is 0 Å². The van der Waals surface area contributed by atoms with Crippen LogP contribution in [-0.4, -0.2) is 40.5 Å². The van der Waals surface area contributed by atoms with Crippen LogP contribution in [0.3, 0.4) is 0 Å². The molecule has 0 amide bonds. The van der Waals surface area contributed by atoms with Crippen LogP contribution in [0.4, 0.5) is 0 Å². The lowest BCUT2D eigenvalue weighted by atomic mass is 10.1. The summed E-state index contributed by atoms with van der Waals surface area (Å²) in [4.78, 5) is 9.56. The zero-order chi connectivity index (χ0) is 11.2. The first-order valence-electron chi connectivity index (χ1n) is 5.92. The Morgan fingerprint density at radius 2 is 2.29 bits per heavy atom. The SMILES string of the molecule is C=CCN1CCC(NCc2cnc[nH]2)CC1.Cl. The van der Waals surface area contributed by atoms with E-state index in [0.717, 1.165) is 18.8 Å². The number of piperidine rings is 1. The number of imidazole rings is 1. The molecule has 1 aliphatic rings. The highest BCUT2D eigenvalue weighted by Gasteiger charge is 2.17. The summed E-state index contributed by atoms with van der Waals surface area (Å²) in [7, 11) is 0. The lowest BCUT2D eigenvalue weighted by molar-refractivity contribution is 0.214. The normalized spacial score (nSPS) is 17.6. The van der Waals surface area contributed by atoms with Crippen molar-refractivity contribution in [3.63, 3.8) is 0 Å². The zero-order valence-corrected chi connectivity index (χ0v) is 10.9. The molecule has 2 heterocycles. The molecule has 0 saturated carbocycles. The second-order valence-electron chi connectivity index (χ2n) is 4.32. The lowest BCUT2D eigenvalue weighted by Gasteiger charge is -2.31. The van der Waals surface area contributed by atoms with E-state index >= 15 is 0 Å². The summed E-state index contributed by atoms with van der Waals surface area (Å²) >= 11 is 0. The molecule has 17 heavy (non-hydrogen) atoms. The summed E-state index contributed by atoms with van der Waals surface area (Å²) in [5, 5.41) is 3.56. The van der Waals surface area contributed by atoms with E-state index in [1.807, 2.05) is 12.3 Å². The quantitative estimate of drug-likeness (QED) is 0.786. The minimum Gasteiger partial charge on any atom is -0.347 e. The van der Waals surface area contributed by atoms with Crippen molar-refractivity contribution >= 4 is 12.4 Å². The number of H-pyrrole nitrogens is 1. The van der Waals surface area contributed by atoms with E-state index < -0.39 is 0 Å². The molecule has 4 nitrogen and oxygen atoms in total. The first kappa shape index (κ1) is 14.2. The fourth-order valence-electron chi connectivity index (χ4n) is 2.14. The van der Waals surface area contributed by atoms with Gasteiger partial charge in [0.05, 0.1) is 6.33 Å². The molecule has 1 fully saturated rings. The third-order valence-electron chi connectivity index (χ3n) is 3.11. The van der Waals surface area contributed by atoms with Gasteiger partial charge in [-0.25, -0.2) is 4.98 Å². The minimum atomic E-state index is 0. The fraction of sp³-hybridized carbons (Fsp3) is 0.583. The van der Waals surface area contributed by atoms with Crippen molar-refractivity contribution in [2.75, 3.05) is 19.6 Å². The molecule has 0 atom stereocenters. The highest BCUT2D eigenvalue weighted by atomic mass is 35.5. The molecule has 0 aromatic carbocycles. The highest BCUT2D eigenvalue weighted by Crippen LogP contribution is 2.10. The number of nitrogens with zero attached hydrogens (tertiary/aromatic N) is 2. The van der Waals surface area contributed by atoms with Gasteiger partial charge in [0.25, 0.3) is 0 Å². The third kappa shape index (κ3) is 4.50. The number of rotatable bonds is 5. The molecular weight excluding hydrogens is 236 g/mol. The molecule has 2 rings (SSSR count). The van der Waals surface area contributed by atoms with Crippen molar-refractivity contribution in [2.45, 2.75) is 25.4 Å². The first-order chi connectivity index (χ1) is 7.88. The maximum absolute atomic E-state index is 4.01. The average Bonchev–Trinajstić information content (AvgIpc) is 2.82. The summed E-state index contributed by atoms with van der Waals surface area (Å²) < 4.78 is 0. The smallest absolute Gasteiger partial charge is 0.0922 e. The first-order valence-corrected chi connectivity index (χ1v) is 5.92. The van der Waals surface area contributed by atoms with Gasteiger partial charge in [-0.3, -0.25) is 4.90 Å². The van der Waals surface area contributed by atoms with Crippen LogP contribution in [0.25, 0.3) is 0 Å². The topological polar surface area (TPSA) is 44.0 Å². The van der Waals surface area contributed by atoms with Gasteiger partial charge >= 0.3 is 0 Å². The number of nitrogens with one attached hydrogen (secondary N) is 2. The Hall–Kier alpha value is -0.840. The number of aromatic nitrogens is 2. The second-order valence-corrected chi connectivity index (χ2v) is 4.32. The van der Waals surface area contributed by atoms with Gasteiger partial charge in [0.1, 0.15) is 0 Å². The monoisotopic (exact) mass is 256 g/mol. The summed E-state index contributed by atoms with van der Waals surface area (Å²) in [6, 6.07) is 0.643. The molecule has 1 saturated heterocycles. The lowest BCUT2D eigenvalue weighted by Crippen LogP contribution is -2.42. The maximum Gasteiger partial charge on any atom is 0.0922 e. The Morgan fingerprint density at radius 1 is 1.53 bits per heavy atom. The maximum atomic E-state index is 4.01. The van der Waals surface area contributed by atoms with Crippen LogP contribution in [0.5, 0.6) is 0 Å². The Balaban J connectivity index is 0.00000144. The van der Waals surface area contributed by atoms with E-state index in [2.05, 4.69) is 26.8 Å². The van der Waals surface area contributed by atoms with Crippen molar-refractivity contribution in [1.82, 2.24) is 20.2 Å². The Bertz CT molecular complexity index is 304. The standard InChI is InChI=1S/C12H20N4.ClH/c1-2-5-16-6-3-11(4-7-16)14-9-12-8-13-10-15-12;/h2,8,10-11,14H,1,3-7,9H2,(H,13,15);1H. The van der Waals surface area contributed by atoms with Crippen LogP contribution in [0, 0.1) is 0 Å². The van der Waals surface area contributed by atoms with E-state index in [1.54, 1.807) is 6.33 Å². The van der Waals surface area contributed by atoms with Gasteiger partial charge < -0.3 is 10.3 Å². The molecule has 0 spiro atoms. The Labute approximate surface area is 109 Å².